The third-order valence-corrected chi connectivity index (χ3v) is 3.99. The van der Waals surface area contributed by atoms with Gasteiger partial charge < -0.3 is 4.90 Å². The van der Waals surface area contributed by atoms with Crippen LogP contribution < -0.4 is 5.32 Å². The number of amides is 1. The number of nitrogens with zero attached hydrogens (tertiary/aromatic N) is 1. The number of carbonyl (C=O) groups excluding carboxylic acids is 1. The summed E-state index contributed by atoms with van der Waals surface area (Å²) in [7, 11) is 0. The molecule has 1 aliphatic rings. The maximum absolute atomic E-state index is 12.6. The number of carbonyl (C=O) groups is 1. The lowest BCUT2D eigenvalue weighted by atomic mass is 10.1. The summed E-state index contributed by atoms with van der Waals surface area (Å²) >= 11 is 0. The van der Waals surface area contributed by atoms with Crippen LogP contribution in [0.25, 0.3) is 0 Å². The number of benzene rings is 2. The van der Waals surface area contributed by atoms with Crippen LogP contribution in [0.4, 0.5) is 0 Å². The van der Waals surface area contributed by atoms with Gasteiger partial charge in [-0.1, -0.05) is 60.7 Å². The summed E-state index contributed by atoms with van der Waals surface area (Å²) in [6, 6.07) is 20.2. The normalized spacial score (nSPS) is 21.8. The molecule has 1 N–H and O–H groups in total. The molecule has 1 saturated heterocycles. The Bertz CT molecular complexity index is 597. The lowest BCUT2D eigenvalue weighted by Gasteiger charge is -2.22. The Balaban J connectivity index is 1.80. The summed E-state index contributed by atoms with van der Waals surface area (Å²) in [6.45, 7) is 2.75. The Labute approximate surface area is 125 Å². The lowest BCUT2D eigenvalue weighted by molar-refractivity contribution is -0.129. The van der Waals surface area contributed by atoms with Crippen molar-refractivity contribution in [2.24, 2.45) is 0 Å². The summed E-state index contributed by atoms with van der Waals surface area (Å²) in [5.41, 5.74) is 2.33. The molecular formula is C18H20N2O. The lowest BCUT2D eigenvalue weighted by Crippen LogP contribution is -2.32. The van der Waals surface area contributed by atoms with Gasteiger partial charge in [0.1, 0.15) is 6.17 Å². The Morgan fingerprint density at radius 3 is 2.24 bits per heavy atom. The van der Waals surface area contributed by atoms with Crippen LogP contribution in [0, 0.1) is 0 Å². The van der Waals surface area contributed by atoms with Crippen molar-refractivity contribution in [2.75, 3.05) is 6.54 Å². The van der Waals surface area contributed by atoms with E-state index in [9.17, 15) is 4.79 Å². The van der Waals surface area contributed by atoms with Gasteiger partial charge in [-0.2, -0.15) is 0 Å². The first kappa shape index (κ1) is 13.8. The van der Waals surface area contributed by atoms with Crippen LogP contribution in [0.3, 0.4) is 0 Å². The third kappa shape index (κ3) is 2.83. The van der Waals surface area contributed by atoms with Crippen molar-refractivity contribution < 1.29 is 4.79 Å². The Hall–Kier alpha value is -2.13. The average molecular weight is 280 g/mol. The van der Waals surface area contributed by atoms with Gasteiger partial charge in [-0.15, -0.1) is 0 Å². The minimum absolute atomic E-state index is 0.0163. The molecular weight excluding hydrogens is 260 g/mol. The van der Waals surface area contributed by atoms with Gasteiger partial charge >= 0.3 is 0 Å². The van der Waals surface area contributed by atoms with E-state index in [1.54, 1.807) is 0 Å². The van der Waals surface area contributed by atoms with Gasteiger partial charge in [-0.3, -0.25) is 10.1 Å². The fourth-order valence-electron chi connectivity index (χ4n) is 2.93. The molecule has 1 fully saturated rings. The van der Waals surface area contributed by atoms with E-state index in [1.165, 1.54) is 5.56 Å². The van der Waals surface area contributed by atoms with Crippen molar-refractivity contribution in [1.29, 1.82) is 0 Å². The molecule has 3 heteroatoms. The Morgan fingerprint density at radius 1 is 1.00 bits per heavy atom. The van der Waals surface area contributed by atoms with Gasteiger partial charge in [-0.25, -0.2) is 0 Å². The molecule has 3 rings (SSSR count). The molecule has 0 aliphatic carbocycles. The van der Waals surface area contributed by atoms with E-state index < -0.39 is 0 Å². The fourth-order valence-corrected chi connectivity index (χ4v) is 2.93. The van der Waals surface area contributed by atoms with Crippen molar-refractivity contribution >= 4 is 5.91 Å². The van der Waals surface area contributed by atoms with Crippen LogP contribution in [0.2, 0.25) is 0 Å². The first-order valence-electron chi connectivity index (χ1n) is 7.45. The Kier molecular flexibility index (Phi) is 4.02. The van der Waals surface area contributed by atoms with Crippen molar-refractivity contribution in [1.82, 2.24) is 10.2 Å². The maximum Gasteiger partial charge on any atom is 0.241 e. The van der Waals surface area contributed by atoms with Crippen molar-refractivity contribution in [3.05, 3.63) is 71.8 Å². The molecule has 0 radical (unpaired) electrons. The molecule has 2 aromatic rings. The van der Waals surface area contributed by atoms with Crippen LogP contribution >= 0.6 is 0 Å². The topological polar surface area (TPSA) is 32.3 Å². The van der Waals surface area contributed by atoms with Crippen molar-refractivity contribution in [3.8, 4) is 0 Å². The van der Waals surface area contributed by atoms with E-state index >= 15 is 0 Å². The number of rotatable bonds is 4. The zero-order chi connectivity index (χ0) is 14.7. The predicted octanol–water partition coefficient (Wildman–Crippen LogP) is 2.75. The second-order valence-electron chi connectivity index (χ2n) is 5.35. The van der Waals surface area contributed by atoms with Crippen LogP contribution in [-0.2, 0) is 11.2 Å². The summed E-state index contributed by atoms with van der Waals surface area (Å²) in [4.78, 5) is 14.5. The molecule has 1 heterocycles. The average Bonchev–Trinajstić information content (AvgIpc) is 2.85. The minimum atomic E-state index is -0.141. The highest BCUT2D eigenvalue weighted by atomic mass is 16.2. The molecule has 0 saturated carbocycles. The zero-order valence-electron chi connectivity index (χ0n) is 12.2. The van der Waals surface area contributed by atoms with E-state index in [1.807, 2.05) is 48.2 Å². The second-order valence-corrected chi connectivity index (χ2v) is 5.35. The second kappa shape index (κ2) is 6.10. The zero-order valence-corrected chi connectivity index (χ0v) is 12.2. The van der Waals surface area contributed by atoms with E-state index in [2.05, 4.69) is 29.6 Å². The van der Waals surface area contributed by atoms with Crippen LogP contribution in [0.5, 0.6) is 0 Å². The van der Waals surface area contributed by atoms with E-state index in [4.69, 9.17) is 0 Å². The van der Waals surface area contributed by atoms with Crippen molar-refractivity contribution in [2.45, 2.75) is 25.6 Å². The summed E-state index contributed by atoms with van der Waals surface area (Å²) in [6.07, 6.45) is 0.719. The molecule has 0 spiro atoms. The van der Waals surface area contributed by atoms with Crippen LogP contribution in [0.1, 0.15) is 24.2 Å². The summed E-state index contributed by atoms with van der Waals surface area (Å²) < 4.78 is 0. The van der Waals surface area contributed by atoms with E-state index in [-0.39, 0.29) is 18.1 Å². The van der Waals surface area contributed by atoms with Crippen LogP contribution in [-0.4, -0.2) is 23.4 Å². The molecule has 3 nitrogen and oxygen atoms in total. The van der Waals surface area contributed by atoms with E-state index in [0.717, 1.165) is 18.5 Å². The molecule has 21 heavy (non-hydrogen) atoms. The first-order valence-corrected chi connectivity index (χ1v) is 7.45. The first-order chi connectivity index (χ1) is 10.3. The van der Waals surface area contributed by atoms with Crippen LogP contribution in [0.15, 0.2) is 60.7 Å². The van der Waals surface area contributed by atoms with Gasteiger partial charge in [0.2, 0.25) is 5.91 Å². The van der Waals surface area contributed by atoms with Gasteiger partial charge in [0.25, 0.3) is 0 Å². The quantitative estimate of drug-likeness (QED) is 0.934. The number of hydrogen-bond donors (Lipinski definition) is 1. The van der Waals surface area contributed by atoms with Gasteiger partial charge in [0.15, 0.2) is 0 Å². The van der Waals surface area contributed by atoms with Gasteiger partial charge in [-0.05, 0) is 24.5 Å². The highest BCUT2D eigenvalue weighted by Crippen LogP contribution is 2.26. The van der Waals surface area contributed by atoms with Crippen molar-refractivity contribution in [3.63, 3.8) is 0 Å². The van der Waals surface area contributed by atoms with Gasteiger partial charge in [0, 0.05) is 6.54 Å². The smallest absolute Gasteiger partial charge is 0.241 e. The molecule has 2 atom stereocenters. The molecule has 2 unspecified atom stereocenters. The molecule has 1 amide bonds. The standard InChI is InChI=1S/C18H20N2O/c1-2-20-17(15-11-7-4-8-12-15)19-16(18(20)21)13-14-9-5-3-6-10-14/h3-12,16-17,19H,2,13H2,1H3. The molecule has 0 aromatic heterocycles. The SMILES string of the molecule is CCN1C(=O)C(Cc2ccccc2)NC1c1ccccc1. The van der Waals surface area contributed by atoms with E-state index in [0.29, 0.717) is 0 Å². The Morgan fingerprint density at radius 2 is 1.62 bits per heavy atom. The summed E-state index contributed by atoms with van der Waals surface area (Å²) in [5, 5.41) is 3.48. The highest BCUT2D eigenvalue weighted by molar-refractivity contribution is 5.84. The van der Waals surface area contributed by atoms with Gasteiger partial charge in [0.05, 0.1) is 6.04 Å². The summed E-state index contributed by atoms with van der Waals surface area (Å²) in [5.74, 6) is 0.190. The molecule has 0 bridgehead atoms. The highest BCUT2D eigenvalue weighted by Gasteiger charge is 2.38. The molecule has 2 aromatic carbocycles. The largest absolute Gasteiger partial charge is 0.322 e. The number of hydrogen-bond acceptors (Lipinski definition) is 2. The minimum Gasteiger partial charge on any atom is -0.322 e. The fraction of sp³-hybridized carbons (Fsp3) is 0.278. The number of likely N-dealkylation sites (N-methyl/N-ethyl adjacent to an activating group) is 1. The third-order valence-electron chi connectivity index (χ3n) is 3.99. The monoisotopic (exact) mass is 280 g/mol. The molecule has 1 aliphatic heterocycles. The molecule has 108 valence electrons. The number of nitrogens with one attached hydrogen (secondary N) is 1. The maximum atomic E-state index is 12.6. The predicted molar refractivity (Wildman–Crippen MR) is 83.6 cm³/mol.